The number of nitrogens with one attached hydrogen (secondary N) is 2. The Bertz CT molecular complexity index is 762. The Balaban J connectivity index is 1.45. The molecule has 1 heterocycles. The van der Waals surface area contributed by atoms with E-state index in [1.54, 1.807) is 7.05 Å². The molecular formula is C20H25N3O3. The van der Waals surface area contributed by atoms with Gasteiger partial charge in [0.05, 0.1) is 6.61 Å². The van der Waals surface area contributed by atoms with Gasteiger partial charge in [-0.1, -0.05) is 18.2 Å². The molecule has 0 radical (unpaired) electrons. The first kappa shape index (κ1) is 17.9. The summed E-state index contributed by atoms with van der Waals surface area (Å²) in [6.45, 7) is 4.41. The van der Waals surface area contributed by atoms with Crippen molar-refractivity contribution < 1.29 is 14.2 Å². The molecule has 0 saturated heterocycles. The van der Waals surface area contributed by atoms with Crippen LogP contribution in [-0.2, 0) is 13.0 Å². The maximum Gasteiger partial charge on any atom is 0.231 e. The van der Waals surface area contributed by atoms with Gasteiger partial charge in [-0.05, 0) is 48.7 Å². The number of fused-ring (bicyclic) bond motifs is 1. The molecule has 6 heteroatoms. The van der Waals surface area contributed by atoms with E-state index in [1.807, 2.05) is 37.3 Å². The van der Waals surface area contributed by atoms with Gasteiger partial charge in [0.2, 0.25) is 6.79 Å². The van der Waals surface area contributed by atoms with Crippen LogP contribution < -0.4 is 24.8 Å². The highest BCUT2D eigenvalue weighted by Crippen LogP contribution is 2.32. The number of guanidine groups is 1. The average molecular weight is 355 g/mol. The minimum Gasteiger partial charge on any atom is -0.494 e. The number of hydrogen-bond donors (Lipinski definition) is 2. The summed E-state index contributed by atoms with van der Waals surface area (Å²) in [7, 11) is 1.77. The lowest BCUT2D eigenvalue weighted by atomic mass is 10.1. The molecule has 0 spiro atoms. The van der Waals surface area contributed by atoms with E-state index in [9.17, 15) is 0 Å². The minimum atomic E-state index is 0.304. The van der Waals surface area contributed by atoms with Crippen LogP contribution in [-0.4, -0.2) is 33.0 Å². The highest BCUT2D eigenvalue weighted by Gasteiger charge is 2.12. The molecule has 0 unspecified atom stereocenters. The molecule has 3 rings (SSSR count). The first-order valence-electron chi connectivity index (χ1n) is 8.83. The zero-order valence-electron chi connectivity index (χ0n) is 15.2. The summed E-state index contributed by atoms with van der Waals surface area (Å²) in [6, 6.07) is 14.1. The van der Waals surface area contributed by atoms with Gasteiger partial charge in [-0.25, -0.2) is 0 Å². The van der Waals surface area contributed by atoms with Crippen LogP contribution in [0.5, 0.6) is 17.2 Å². The van der Waals surface area contributed by atoms with Gasteiger partial charge in [0.15, 0.2) is 17.5 Å². The number of benzene rings is 2. The lowest BCUT2D eigenvalue weighted by Gasteiger charge is -2.13. The van der Waals surface area contributed by atoms with Crippen LogP contribution in [0.4, 0.5) is 0 Å². The van der Waals surface area contributed by atoms with Gasteiger partial charge in [-0.15, -0.1) is 0 Å². The summed E-state index contributed by atoms with van der Waals surface area (Å²) < 4.78 is 16.3. The predicted octanol–water partition coefficient (Wildman–Crippen LogP) is 2.72. The Labute approximate surface area is 154 Å². The van der Waals surface area contributed by atoms with Crippen LogP contribution in [0.1, 0.15) is 18.1 Å². The molecule has 0 aliphatic carbocycles. The van der Waals surface area contributed by atoms with Crippen molar-refractivity contribution in [3.05, 3.63) is 53.6 Å². The molecule has 2 aromatic rings. The Hall–Kier alpha value is -2.89. The van der Waals surface area contributed by atoms with Crippen molar-refractivity contribution in [2.24, 2.45) is 4.99 Å². The smallest absolute Gasteiger partial charge is 0.231 e. The number of rotatable bonds is 7. The fourth-order valence-electron chi connectivity index (χ4n) is 2.74. The topological polar surface area (TPSA) is 64.1 Å². The van der Waals surface area contributed by atoms with Crippen molar-refractivity contribution in [1.29, 1.82) is 0 Å². The fourth-order valence-corrected chi connectivity index (χ4v) is 2.74. The van der Waals surface area contributed by atoms with Gasteiger partial charge in [0.25, 0.3) is 0 Å². The van der Waals surface area contributed by atoms with E-state index in [-0.39, 0.29) is 0 Å². The Morgan fingerprint density at radius 1 is 1.08 bits per heavy atom. The molecular weight excluding hydrogens is 330 g/mol. The summed E-state index contributed by atoms with van der Waals surface area (Å²) in [5, 5.41) is 6.65. The van der Waals surface area contributed by atoms with E-state index in [2.05, 4.69) is 27.8 Å². The molecule has 0 amide bonds. The normalized spacial score (nSPS) is 12.8. The second-order valence-corrected chi connectivity index (χ2v) is 5.87. The molecule has 0 fully saturated rings. The largest absolute Gasteiger partial charge is 0.494 e. The molecule has 26 heavy (non-hydrogen) atoms. The van der Waals surface area contributed by atoms with Crippen molar-refractivity contribution in [2.45, 2.75) is 19.9 Å². The lowest BCUT2D eigenvalue weighted by molar-refractivity contribution is 0.174. The average Bonchev–Trinajstić information content (AvgIpc) is 3.13. The summed E-state index contributed by atoms with van der Waals surface area (Å²) >= 11 is 0. The quantitative estimate of drug-likeness (QED) is 0.591. The van der Waals surface area contributed by atoms with Crippen molar-refractivity contribution in [3.8, 4) is 17.2 Å². The molecule has 1 aliphatic rings. The van der Waals surface area contributed by atoms with Crippen LogP contribution in [0.2, 0.25) is 0 Å². The fraction of sp³-hybridized carbons (Fsp3) is 0.350. The van der Waals surface area contributed by atoms with Crippen LogP contribution in [0, 0.1) is 0 Å². The lowest BCUT2D eigenvalue weighted by Crippen LogP contribution is -2.37. The third-order valence-electron chi connectivity index (χ3n) is 4.04. The number of hydrogen-bond acceptors (Lipinski definition) is 4. The highest BCUT2D eigenvalue weighted by molar-refractivity contribution is 5.79. The second-order valence-electron chi connectivity index (χ2n) is 5.87. The molecule has 138 valence electrons. The zero-order valence-corrected chi connectivity index (χ0v) is 15.2. The molecule has 1 aliphatic heterocycles. The molecule has 6 nitrogen and oxygen atoms in total. The maximum absolute atomic E-state index is 5.53. The maximum atomic E-state index is 5.53. The molecule has 2 N–H and O–H groups in total. The summed E-state index contributed by atoms with van der Waals surface area (Å²) in [5.41, 5.74) is 2.34. The first-order chi connectivity index (χ1) is 12.8. The third kappa shape index (κ3) is 4.81. The zero-order chi connectivity index (χ0) is 18.2. The Morgan fingerprint density at radius 3 is 2.81 bits per heavy atom. The van der Waals surface area contributed by atoms with Crippen molar-refractivity contribution in [2.75, 3.05) is 27.0 Å². The van der Waals surface area contributed by atoms with E-state index in [4.69, 9.17) is 14.2 Å². The van der Waals surface area contributed by atoms with Crippen molar-refractivity contribution in [1.82, 2.24) is 10.6 Å². The first-order valence-corrected chi connectivity index (χ1v) is 8.83. The molecule has 0 atom stereocenters. The van der Waals surface area contributed by atoms with E-state index >= 15 is 0 Å². The van der Waals surface area contributed by atoms with E-state index in [0.29, 0.717) is 19.9 Å². The summed E-state index contributed by atoms with van der Waals surface area (Å²) in [6.07, 6.45) is 0.872. The molecule has 0 saturated carbocycles. The monoisotopic (exact) mass is 355 g/mol. The van der Waals surface area contributed by atoms with E-state index in [1.165, 1.54) is 5.56 Å². The predicted molar refractivity (Wildman–Crippen MR) is 102 cm³/mol. The van der Waals surface area contributed by atoms with Crippen LogP contribution >= 0.6 is 0 Å². The van der Waals surface area contributed by atoms with Gasteiger partial charge in [0, 0.05) is 20.1 Å². The van der Waals surface area contributed by atoms with Crippen LogP contribution in [0.25, 0.3) is 0 Å². The van der Waals surface area contributed by atoms with Crippen LogP contribution in [0.15, 0.2) is 47.5 Å². The second kappa shape index (κ2) is 8.99. The third-order valence-corrected chi connectivity index (χ3v) is 4.04. The van der Waals surface area contributed by atoms with Gasteiger partial charge >= 0.3 is 0 Å². The number of ether oxygens (including phenoxy) is 3. The SMILES string of the molecule is CCOc1cccc(CNC(=NC)NCCc2ccc3c(c2)OCO3)c1. The van der Waals surface area contributed by atoms with Crippen molar-refractivity contribution >= 4 is 5.96 Å². The van der Waals surface area contributed by atoms with Gasteiger partial charge in [-0.3, -0.25) is 4.99 Å². The summed E-state index contributed by atoms with van der Waals surface area (Å²) in [4.78, 5) is 4.27. The van der Waals surface area contributed by atoms with Gasteiger partial charge in [-0.2, -0.15) is 0 Å². The van der Waals surface area contributed by atoms with Gasteiger partial charge in [0.1, 0.15) is 5.75 Å². The van der Waals surface area contributed by atoms with Gasteiger partial charge < -0.3 is 24.8 Å². The molecule has 2 aromatic carbocycles. The van der Waals surface area contributed by atoms with Crippen molar-refractivity contribution in [3.63, 3.8) is 0 Å². The number of nitrogens with zero attached hydrogens (tertiary/aromatic N) is 1. The molecule has 0 bridgehead atoms. The van der Waals surface area contributed by atoms with Crippen LogP contribution in [0.3, 0.4) is 0 Å². The molecule has 0 aromatic heterocycles. The minimum absolute atomic E-state index is 0.304. The number of aliphatic imine (C=N–C) groups is 1. The standard InChI is InChI=1S/C20H25N3O3/c1-3-24-17-6-4-5-16(11-17)13-23-20(21-2)22-10-9-15-7-8-18-19(12-15)26-14-25-18/h4-8,11-12H,3,9-10,13-14H2,1-2H3,(H2,21,22,23). The Kier molecular flexibility index (Phi) is 6.19. The van der Waals surface area contributed by atoms with E-state index < -0.39 is 0 Å². The Morgan fingerprint density at radius 2 is 1.96 bits per heavy atom. The van der Waals surface area contributed by atoms with E-state index in [0.717, 1.165) is 41.7 Å². The summed E-state index contributed by atoms with van der Waals surface area (Å²) in [5.74, 6) is 3.29. The highest BCUT2D eigenvalue weighted by atomic mass is 16.7.